The SMILES string of the molecule is CC(NC(=O)c1ccccc1NC(=O)COc1ccc(Br)cc1C(C)(C)C)c1ccccc1. The van der Waals surface area contributed by atoms with Crippen LogP contribution in [0.3, 0.4) is 0 Å². The highest BCUT2D eigenvalue weighted by molar-refractivity contribution is 9.10. The summed E-state index contributed by atoms with van der Waals surface area (Å²) in [5, 5.41) is 5.80. The maximum Gasteiger partial charge on any atom is 0.262 e. The number of carbonyl (C=O) groups is 2. The molecule has 0 fully saturated rings. The summed E-state index contributed by atoms with van der Waals surface area (Å²) < 4.78 is 6.79. The van der Waals surface area contributed by atoms with Crippen LogP contribution in [-0.4, -0.2) is 18.4 Å². The quantitative estimate of drug-likeness (QED) is 0.396. The Labute approximate surface area is 203 Å². The highest BCUT2D eigenvalue weighted by Gasteiger charge is 2.21. The number of anilines is 1. The largest absolute Gasteiger partial charge is 0.483 e. The molecule has 172 valence electrons. The zero-order valence-corrected chi connectivity index (χ0v) is 20.9. The minimum absolute atomic E-state index is 0.143. The van der Waals surface area contributed by atoms with E-state index in [1.54, 1.807) is 24.3 Å². The van der Waals surface area contributed by atoms with Crippen LogP contribution in [-0.2, 0) is 10.2 Å². The number of para-hydroxylation sites is 1. The highest BCUT2D eigenvalue weighted by Crippen LogP contribution is 2.33. The number of nitrogens with one attached hydrogen (secondary N) is 2. The fourth-order valence-electron chi connectivity index (χ4n) is 3.43. The van der Waals surface area contributed by atoms with Crippen molar-refractivity contribution in [3.63, 3.8) is 0 Å². The minimum Gasteiger partial charge on any atom is -0.483 e. The number of rotatable bonds is 7. The van der Waals surface area contributed by atoms with Crippen LogP contribution in [0.4, 0.5) is 5.69 Å². The monoisotopic (exact) mass is 508 g/mol. The fourth-order valence-corrected chi connectivity index (χ4v) is 3.79. The lowest BCUT2D eigenvalue weighted by atomic mass is 9.86. The van der Waals surface area contributed by atoms with Crippen molar-refractivity contribution in [3.05, 3.63) is 94.0 Å². The van der Waals surface area contributed by atoms with Gasteiger partial charge in [0.1, 0.15) is 5.75 Å². The number of amides is 2. The van der Waals surface area contributed by atoms with Crippen molar-refractivity contribution in [1.82, 2.24) is 5.32 Å². The van der Waals surface area contributed by atoms with Crippen LogP contribution in [0.15, 0.2) is 77.3 Å². The Morgan fingerprint density at radius 3 is 2.33 bits per heavy atom. The Kier molecular flexibility index (Phi) is 7.92. The van der Waals surface area contributed by atoms with Gasteiger partial charge in [-0.1, -0.05) is 79.2 Å². The summed E-state index contributed by atoms with van der Waals surface area (Å²) in [4.78, 5) is 25.6. The molecule has 0 aliphatic heterocycles. The van der Waals surface area contributed by atoms with Gasteiger partial charge in [0.15, 0.2) is 6.61 Å². The van der Waals surface area contributed by atoms with E-state index in [1.165, 1.54) is 0 Å². The Hall–Kier alpha value is -3.12. The van der Waals surface area contributed by atoms with Crippen molar-refractivity contribution in [1.29, 1.82) is 0 Å². The molecule has 1 atom stereocenters. The maximum absolute atomic E-state index is 12.9. The molecule has 2 N–H and O–H groups in total. The second kappa shape index (κ2) is 10.7. The average Bonchev–Trinajstić information content (AvgIpc) is 2.78. The molecule has 0 aliphatic rings. The summed E-state index contributed by atoms with van der Waals surface area (Å²) in [6.07, 6.45) is 0. The Balaban J connectivity index is 1.68. The van der Waals surface area contributed by atoms with Crippen LogP contribution in [0.1, 0.15) is 55.2 Å². The number of benzene rings is 3. The summed E-state index contributed by atoms with van der Waals surface area (Å²) >= 11 is 3.49. The third-order valence-electron chi connectivity index (χ3n) is 5.20. The summed E-state index contributed by atoms with van der Waals surface area (Å²) in [5.41, 5.74) is 2.70. The van der Waals surface area contributed by atoms with Crippen LogP contribution < -0.4 is 15.4 Å². The molecular weight excluding hydrogens is 480 g/mol. The van der Waals surface area contributed by atoms with Crippen molar-refractivity contribution in [2.75, 3.05) is 11.9 Å². The van der Waals surface area contributed by atoms with Gasteiger partial charge in [-0.15, -0.1) is 0 Å². The van der Waals surface area contributed by atoms with E-state index in [0.717, 1.165) is 15.6 Å². The van der Waals surface area contributed by atoms with Gasteiger partial charge in [0.05, 0.1) is 17.3 Å². The highest BCUT2D eigenvalue weighted by atomic mass is 79.9. The van der Waals surface area contributed by atoms with E-state index in [0.29, 0.717) is 17.0 Å². The Morgan fingerprint density at radius 1 is 0.970 bits per heavy atom. The molecule has 6 heteroatoms. The lowest BCUT2D eigenvalue weighted by Crippen LogP contribution is -2.28. The lowest BCUT2D eigenvalue weighted by molar-refractivity contribution is -0.118. The minimum atomic E-state index is -0.339. The first-order valence-electron chi connectivity index (χ1n) is 10.8. The molecule has 3 aromatic rings. The van der Waals surface area contributed by atoms with E-state index in [-0.39, 0.29) is 29.9 Å². The van der Waals surface area contributed by atoms with Crippen molar-refractivity contribution in [2.24, 2.45) is 0 Å². The van der Waals surface area contributed by atoms with Gasteiger partial charge < -0.3 is 15.4 Å². The number of hydrogen-bond acceptors (Lipinski definition) is 3. The molecule has 0 saturated heterocycles. The van der Waals surface area contributed by atoms with Crippen molar-refractivity contribution < 1.29 is 14.3 Å². The number of hydrogen-bond donors (Lipinski definition) is 2. The van der Waals surface area contributed by atoms with Gasteiger partial charge in [0.25, 0.3) is 11.8 Å². The van der Waals surface area contributed by atoms with Crippen LogP contribution in [0, 0.1) is 0 Å². The van der Waals surface area contributed by atoms with E-state index in [1.807, 2.05) is 55.5 Å². The predicted octanol–water partition coefficient (Wildman–Crippen LogP) is 6.26. The fraction of sp³-hybridized carbons (Fsp3) is 0.259. The number of ether oxygens (including phenoxy) is 1. The molecule has 2 amide bonds. The zero-order valence-electron chi connectivity index (χ0n) is 19.3. The van der Waals surface area contributed by atoms with Crippen LogP contribution in [0.5, 0.6) is 5.75 Å². The predicted molar refractivity (Wildman–Crippen MR) is 136 cm³/mol. The third kappa shape index (κ3) is 6.68. The molecule has 0 bridgehead atoms. The van der Waals surface area contributed by atoms with E-state index < -0.39 is 0 Å². The van der Waals surface area contributed by atoms with Gasteiger partial charge in [-0.05, 0) is 48.2 Å². The van der Waals surface area contributed by atoms with Crippen molar-refractivity contribution in [2.45, 2.75) is 39.2 Å². The van der Waals surface area contributed by atoms with E-state index in [2.05, 4.69) is 47.3 Å². The molecule has 5 nitrogen and oxygen atoms in total. The zero-order chi connectivity index (χ0) is 24.0. The van der Waals surface area contributed by atoms with Crippen LogP contribution >= 0.6 is 15.9 Å². The van der Waals surface area contributed by atoms with E-state index in [4.69, 9.17) is 4.74 Å². The number of halogens is 1. The summed E-state index contributed by atoms with van der Waals surface area (Å²) in [7, 11) is 0. The molecule has 33 heavy (non-hydrogen) atoms. The first-order chi connectivity index (χ1) is 15.6. The molecule has 1 unspecified atom stereocenters. The Bertz CT molecular complexity index is 1120. The summed E-state index contributed by atoms with van der Waals surface area (Å²) in [5.74, 6) is 0.0591. The van der Waals surface area contributed by atoms with Gasteiger partial charge in [0.2, 0.25) is 0 Å². The molecule has 0 saturated carbocycles. The van der Waals surface area contributed by atoms with Crippen molar-refractivity contribution in [3.8, 4) is 5.75 Å². The summed E-state index contributed by atoms with van der Waals surface area (Å²) in [6.45, 7) is 8.03. The second-order valence-electron chi connectivity index (χ2n) is 8.88. The second-order valence-corrected chi connectivity index (χ2v) is 9.79. The van der Waals surface area contributed by atoms with E-state index in [9.17, 15) is 9.59 Å². The standard InChI is InChI=1S/C27H29BrN2O3/c1-18(19-10-6-5-7-11-19)29-26(32)21-12-8-9-13-23(21)30-25(31)17-33-24-15-14-20(28)16-22(24)27(2,3)4/h5-16,18H,17H2,1-4H3,(H,29,32)(H,30,31). The summed E-state index contributed by atoms with van der Waals surface area (Å²) in [6, 6.07) is 22.2. The average molecular weight is 509 g/mol. The molecule has 0 radical (unpaired) electrons. The van der Waals surface area contributed by atoms with Crippen LogP contribution in [0.2, 0.25) is 0 Å². The first-order valence-corrected chi connectivity index (χ1v) is 11.6. The first kappa shape index (κ1) is 24.5. The molecular formula is C27H29BrN2O3. The molecule has 0 aliphatic carbocycles. The van der Waals surface area contributed by atoms with Gasteiger partial charge in [-0.2, -0.15) is 0 Å². The topological polar surface area (TPSA) is 67.4 Å². The normalized spacial score (nSPS) is 12.0. The van der Waals surface area contributed by atoms with Crippen molar-refractivity contribution >= 4 is 33.4 Å². The van der Waals surface area contributed by atoms with Gasteiger partial charge >= 0.3 is 0 Å². The molecule has 3 rings (SSSR count). The van der Waals surface area contributed by atoms with Gasteiger partial charge in [-0.3, -0.25) is 9.59 Å². The lowest BCUT2D eigenvalue weighted by Gasteiger charge is -2.23. The molecule has 0 aromatic heterocycles. The smallest absolute Gasteiger partial charge is 0.262 e. The van der Waals surface area contributed by atoms with Gasteiger partial charge in [-0.25, -0.2) is 0 Å². The third-order valence-corrected chi connectivity index (χ3v) is 5.69. The van der Waals surface area contributed by atoms with Crippen LogP contribution in [0.25, 0.3) is 0 Å². The maximum atomic E-state index is 12.9. The molecule has 3 aromatic carbocycles. The Morgan fingerprint density at radius 2 is 1.64 bits per heavy atom. The van der Waals surface area contributed by atoms with E-state index >= 15 is 0 Å². The molecule has 0 heterocycles. The number of carbonyl (C=O) groups excluding carboxylic acids is 2. The van der Waals surface area contributed by atoms with Gasteiger partial charge in [0, 0.05) is 10.0 Å². The molecule has 0 spiro atoms.